The molecule has 6 heteroatoms. The Morgan fingerprint density at radius 2 is 1.86 bits per heavy atom. The van der Waals surface area contributed by atoms with E-state index in [9.17, 15) is 9.59 Å². The Hall–Kier alpha value is -2.08. The summed E-state index contributed by atoms with van der Waals surface area (Å²) in [5, 5.41) is 7.86. The zero-order valence-corrected chi connectivity index (χ0v) is 17.9. The van der Waals surface area contributed by atoms with Crippen LogP contribution in [0.4, 0.5) is 0 Å². The number of halogens is 1. The van der Waals surface area contributed by atoms with Gasteiger partial charge in [-0.15, -0.1) is 5.10 Å². The molecule has 4 aliphatic carbocycles. The highest BCUT2D eigenvalue weighted by Crippen LogP contribution is 2.64. The maximum Gasteiger partial charge on any atom is 0.287 e. The van der Waals surface area contributed by atoms with Crippen LogP contribution in [0.5, 0.6) is 0 Å². The molecule has 5 aliphatic rings. The first kappa shape index (κ1) is 18.9. The third-order valence-corrected chi connectivity index (χ3v) is 7.78. The van der Waals surface area contributed by atoms with Crippen LogP contribution in [0, 0.1) is 24.2 Å². The summed E-state index contributed by atoms with van der Waals surface area (Å²) in [4.78, 5) is 25.2. The summed E-state index contributed by atoms with van der Waals surface area (Å²) in [7, 11) is 0. The van der Waals surface area contributed by atoms with E-state index in [1.54, 1.807) is 0 Å². The highest BCUT2D eigenvalue weighted by Gasteiger charge is 2.59. The van der Waals surface area contributed by atoms with E-state index in [4.69, 9.17) is 4.74 Å². The minimum atomic E-state index is -0.334. The maximum absolute atomic E-state index is 13.0. The number of ether oxygens (including phenoxy) is 1. The first-order chi connectivity index (χ1) is 13.8. The Bertz CT molecular complexity index is 962. The number of benzene rings is 1. The SMILES string of the molecule is Cc1ccc(C2=CC(=O)/C(=N/N=C/C(=O)C34CC5CC(CC(Br)(C5)C3)C4)O2)cc1. The van der Waals surface area contributed by atoms with Crippen molar-refractivity contribution < 1.29 is 14.3 Å². The van der Waals surface area contributed by atoms with Crippen LogP contribution in [0.3, 0.4) is 0 Å². The summed E-state index contributed by atoms with van der Waals surface area (Å²) >= 11 is 3.93. The number of hydrogen-bond acceptors (Lipinski definition) is 5. The number of rotatable bonds is 4. The highest BCUT2D eigenvalue weighted by atomic mass is 79.9. The van der Waals surface area contributed by atoms with Gasteiger partial charge in [0.1, 0.15) is 5.76 Å². The van der Waals surface area contributed by atoms with Gasteiger partial charge in [-0.2, -0.15) is 5.10 Å². The first-order valence-corrected chi connectivity index (χ1v) is 11.0. The molecule has 6 rings (SSSR count). The molecule has 0 radical (unpaired) electrons. The predicted molar refractivity (Wildman–Crippen MR) is 115 cm³/mol. The molecule has 2 unspecified atom stereocenters. The molecule has 1 aromatic rings. The number of Topliss-reactive ketones (excluding diaryl/α,β-unsaturated/α-hetero) is 1. The smallest absolute Gasteiger partial charge is 0.287 e. The second kappa shape index (κ2) is 6.73. The van der Waals surface area contributed by atoms with Crippen LogP contribution in [-0.4, -0.2) is 28.0 Å². The lowest BCUT2D eigenvalue weighted by molar-refractivity contribution is -0.133. The molecule has 2 atom stereocenters. The van der Waals surface area contributed by atoms with Gasteiger partial charge in [-0.25, -0.2) is 0 Å². The normalized spacial score (nSPS) is 36.7. The molecular weight excluding hydrogens is 432 g/mol. The molecule has 150 valence electrons. The number of nitrogens with zero attached hydrogens (tertiary/aromatic N) is 2. The lowest BCUT2D eigenvalue weighted by Gasteiger charge is -2.59. The first-order valence-electron chi connectivity index (χ1n) is 10.2. The van der Waals surface area contributed by atoms with E-state index < -0.39 is 0 Å². The van der Waals surface area contributed by atoms with Gasteiger partial charge in [0.15, 0.2) is 5.78 Å². The maximum atomic E-state index is 13.0. The average molecular weight is 455 g/mol. The van der Waals surface area contributed by atoms with Gasteiger partial charge in [0.2, 0.25) is 5.78 Å². The lowest BCUT2D eigenvalue weighted by atomic mass is 9.48. The van der Waals surface area contributed by atoms with Crippen LogP contribution < -0.4 is 0 Å². The highest BCUT2D eigenvalue weighted by molar-refractivity contribution is 9.10. The molecule has 5 nitrogen and oxygen atoms in total. The van der Waals surface area contributed by atoms with E-state index >= 15 is 0 Å². The molecule has 0 aromatic heterocycles. The van der Waals surface area contributed by atoms with Crippen molar-refractivity contribution in [3.05, 3.63) is 41.5 Å². The van der Waals surface area contributed by atoms with E-state index in [2.05, 4.69) is 26.1 Å². The Labute approximate surface area is 178 Å². The van der Waals surface area contributed by atoms with Crippen molar-refractivity contribution in [2.75, 3.05) is 0 Å². The van der Waals surface area contributed by atoms with Crippen molar-refractivity contribution in [2.24, 2.45) is 27.5 Å². The minimum absolute atomic E-state index is 0.0388. The summed E-state index contributed by atoms with van der Waals surface area (Å²) in [5.74, 6) is 1.32. The Morgan fingerprint density at radius 3 is 2.52 bits per heavy atom. The molecule has 4 saturated carbocycles. The van der Waals surface area contributed by atoms with Gasteiger partial charge in [-0.05, 0) is 57.3 Å². The lowest BCUT2D eigenvalue weighted by Crippen LogP contribution is -2.56. The van der Waals surface area contributed by atoms with Crippen molar-refractivity contribution in [2.45, 2.75) is 49.8 Å². The molecule has 0 N–H and O–H groups in total. The summed E-state index contributed by atoms with van der Waals surface area (Å²) in [5.41, 5.74) is 1.62. The molecule has 1 aromatic carbocycles. The number of ketones is 2. The molecular formula is C23H23BrN2O3. The Kier molecular flexibility index (Phi) is 4.39. The summed E-state index contributed by atoms with van der Waals surface area (Å²) in [6, 6.07) is 7.71. The third kappa shape index (κ3) is 3.41. The van der Waals surface area contributed by atoms with Crippen LogP contribution in [0.25, 0.3) is 5.76 Å². The fourth-order valence-electron chi connectivity index (χ4n) is 6.00. The van der Waals surface area contributed by atoms with Gasteiger partial charge in [0.25, 0.3) is 5.90 Å². The number of carbonyl (C=O) groups is 2. The van der Waals surface area contributed by atoms with E-state index in [0.717, 1.165) is 30.4 Å². The van der Waals surface area contributed by atoms with Crippen molar-refractivity contribution in [1.82, 2.24) is 0 Å². The van der Waals surface area contributed by atoms with Gasteiger partial charge < -0.3 is 4.74 Å². The number of hydrogen-bond donors (Lipinski definition) is 0. The standard InChI is InChI=1S/C23H23BrN2O3/c1-14-2-4-17(5-3-14)19-7-18(27)21(29-19)26-25-12-20(28)22-8-15-6-16(9-22)11-23(24,10-15)13-22/h2-5,7,12,15-16H,6,8-11,13H2,1H3/b25-12+,26-21-. The second-order valence-electron chi connectivity index (χ2n) is 9.25. The fraction of sp³-hybridized carbons (Fsp3) is 0.478. The van der Waals surface area contributed by atoms with Crippen LogP contribution >= 0.6 is 15.9 Å². The van der Waals surface area contributed by atoms with E-state index in [1.165, 1.54) is 31.6 Å². The zero-order valence-electron chi connectivity index (χ0n) is 16.4. The second-order valence-corrected chi connectivity index (χ2v) is 10.9. The quantitative estimate of drug-likeness (QED) is 0.378. The van der Waals surface area contributed by atoms with Gasteiger partial charge in [-0.3, -0.25) is 9.59 Å². The fourth-order valence-corrected chi connectivity index (χ4v) is 7.46. The van der Waals surface area contributed by atoms with Gasteiger partial charge >= 0.3 is 0 Å². The molecule has 4 fully saturated rings. The van der Waals surface area contributed by atoms with Crippen LogP contribution in [0.1, 0.15) is 49.7 Å². The monoisotopic (exact) mass is 454 g/mol. The summed E-state index contributed by atoms with van der Waals surface area (Å²) in [6.45, 7) is 2.00. The summed E-state index contributed by atoms with van der Waals surface area (Å²) in [6.07, 6.45) is 9.09. The van der Waals surface area contributed by atoms with Crippen LogP contribution in [0.15, 0.2) is 40.5 Å². The predicted octanol–water partition coefficient (Wildman–Crippen LogP) is 4.62. The largest absolute Gasteiger partial charge is 0.434 e. The number of alkyl halides is 1. The molecule has 29 heavy (non-hydrogen) atoms. The van der Waals surface area contributed by atoms with Gasteiger partial charge in [0.05, 0.1) is 6.21 Å². The minimum Gasteiger partial charge on any atom is -0.434 e. The van der Waals surface area contributed by atoms with Crippen molar-refractivity contribution >= 4 is 45.4 Å². The van der Waals surface area contributed by atoms with Gasteiger partial charge in [0, 0.05) is 21.4 Å². The molecule has 0 amide bonds. The van der Waals surface area contributed by atoms with Crippen LogP contribution in [0.2, 0.25) is 0 Å². The van der Waals surface area contributed by atoms with E-state index in [-0.39, 0.29) is 27.2 Å². The Balaban J connectivity index is 1.29. The topological polar surface area (TPSA) is 68.1 Å². The van der Waals surface area contributed by atoms with E-state index in [1.807, 2.05) is 31.2 Å². The average Bonchev–Trinajstić information content (AvgIpc) is 3.01. The number of carbonyl (C=O) groups excluding carboxylic acids is 2. The van der Waals surface area contributed by atoms with E-state index in [0.29, 0.717) is 17.6 Å². The van der Waals surface area contributed by atoms with Crippen LogP contribution in [-0.2, 0) is 14.3 Å². The molecule has 1 heterocycles. The number of aryl methyl sites for hydroxylation is 1. The molecule has 1 aliphatic heterocycles. The van der Waals surface area contributed by atoms with Gasteiger partial charge in [-0.1, -0.05) is 45.8 Å². The molecule has 0 spiro atoms. The zero-order chi connectivity index (χ0) is 20.2. The molecule has 0 saturated heterocycles. The van der Waals surface area contributed by atoms with Crippen molar-refractivity contribution in [3.8, 4) is 0 Å². The third-order valence-electron chi connectivity index (χ3n) is 6.85. The molecule has 4 bridgehead atoms. The summed E-state index contributed by atoms with van der Waals surface area (Å²) < 4.78 is 5.69. The van der Waals surface area contributed by atoms with Crippen molar-refractivity contribution in [1.29, 1.82) is 0 Å². The Morgan fingerprint density at radius 1 is 1.17 bits per heavy atom. The van der Waals surface area contributed by atoms with Crippen molar-refractivity contribution in [3.63, 3.8) is 0 Å².